The van der Waals surface area contributed by atoms with Crippen LogP contribution in [0.2, 0.25) is 0 Å². The van der Waals surface area contributed by atoms with Gasteiger partial charge in [0, 0.05) is 23.7 Å². The number of rotatable bonds is 6. The van der Waals surface area contributed by atoms with Crippen molar-refractivity contribution < 1.29 is 13.5 Å². The largest absolute Gasteiger partial charge is 0.435 e. The zero-order valence-corrected chi connectivity index (χ0v) is 11.5. The molecule has 2 N–H and O–H groups in total. The molecule has 0 fully saturated rings. The topological polar surface area (TPSA) is 54.1 Å². The van der Waals surface area contributed by atoms with Crippen molar-refractivity contribution in [2.24, 2.45) is 0 Å². The number of aromatic amines is 1. The molecular weight excluding hydrogens is 286 g/mol. The monoisotopic (exact) mass is 300 g/mol. The van der Waals surface area contributed by atoms with Gasteiger partial charge in [0.05, 0.1) is 0 Å². The maximum atomic E-state index is 12.0. The predicted octanol–water partition coefficient (Wildman–Crippen LogP) is 2.89. The standard InChI is InChI=1S/C13H14F2N2O2S/c1-8(16-6-10-7-20-13(18)17-10)9-2-4-11(5-3-9)19-12(14)15/h2-5,7-8,12,16H,6H2,1H3,(H,17,18). The molecule has 0 amide bonds. The second kappa shape index (κ2) is 6.62. The SMILES string of the molecule is CC(NCc1csc(=O)[nH]1)c1ccc(OC(F)F)cc1. The summed E-state index contributed by atoms with van der Waals surface area (Å²) in [5, 5.41) is 5.00. The van der Waals surface area contributed by atoms with Gasteiger partial charge in [0.2, 0.25) is 0 Å². The lowest BCUT2D eigenvalue weighted by atomic mass is 10.1. The number of ether oxygens (including phenoxy) is 1. The first-order valence-electron chi connectivity index (χ1n) is 5.99. The number of nitrogens with one attached hydrogen (secondary N) is 2. The van der Waals surface area contributed by atoms with Crippen molar-refractivity contribution in [1.82, 2.24) is 10.3 Å². The van der Waals surface area contributed by atoms with Crippen molar-refractivity contribution in [2.45, 2.75) is 26.1 Å². The normalized spacial score (nSPS) is 12.6. The minimum atomic E-state index is -2.81. The number of hydrogen-bond acceptors (Lipinski definition) is 4. The summed E-state index contributed by atoms with van der Waals surface area (Å²) in [6.45, 7) is -0.324. The lowest BCUT2D eigenvalue weighted by Gasteiger charge is -2.14. The second-order valence-corrected chi connectivity index (χ2v) is 5.07. The van der Waals surface area contributed by atoms with Gasteiger partial charge in [-0.3, -0.25) is 4.79 Å². The molecule has 108 valence electrons. The number of benzene rings is 1. The Morgan fingerprint density at radius 1 is 1.35 bits per heavy atom. The number of halogens is 2. The van der Waals surface area contributed by atoms with Crippen LogP contribution in [0.3, 0.4) is 0 Å². The van der Waals surface area contributed by atoms with Gasteiger partial charge in [-0.15, -0.1) is 0 Å². The minimum absolute atomic E-state index is 0.0269. The van der Waals surface area contributed by atoms with Crippen molar-refractivity contribution >= 4 is 11.3 Å². The summed E-state index contributed by atoms with van der Waals surface area (Å²) in [6, 6.07) is 6.49. The number of hydrogen-bond donors (Lipinski definition) is 2. The molecule has 0 saturated heterocycles. The molecular formula is C13H14F2N2O2S. The third kappa shape index (κ3) is 4.14. The fourth-order valence-corrected chi connectivity index (χ4v) is 2.30. The van der Waals surface area contributed by atoms with Crippen molar-refractivity contribution in [3.63, 3.8) is 0 Å². The molecule has 1 atom stereocenters. The van der Waals surface area contributed by atoms with E-state index in [0.717, 1.165) is 22.6 Å². The first kappa shape index (κ1) is 14.7. The maximum Gasteiger partial charge on any atom is 0.387 e. The number of H-pyrrole nitrogens is 1. The van der Waals surface area contributed by atoms with E-state index in [1.165, 1.54) is 12.1 Å². The Morgan fingerprint density at radius 2 is 2.05 bits per heavy atom. The van der Waals surface area contributed by atoms with Crippen LogP contribution in [0, 0.1) is 0 Å². The van der Waals surface area contributed by atoms with E-state index in [-0.39, 0.29) is 16.7 Å². The van der Waals surface area contributed by atoms with Gasteiger partial charge in [0.1, 0.15) is 5.75 Å². The van der Waals surface area contributed by atoms with Crippen LogP contribution in [0.5, 0.6) is 5.75 Å². The molecule has 0 spiro atoms. The van der Waals surface area contributed by atoms with Crippen LogP contribution >= 0.6 is 11.3 Å². The first-order chi connectivity index (χ1) is 9.54. The van der Waals surface area contributed by atoms with Crippen LogP contribution in [0.15, 0.2) is 34.4 Å². The van der Waals surface area contributed by atoms with E-state index in [0.29, 0.717) is 6.54 Å². The van der Waals surface area contributed by atoms with E-state index in [4.69, 9.17) is 0 Å². The van der Waals surface area contributed by atoms with Gasteiger partial charge in [-0.2, -0.15) is 8.78 Å². The highest BCUT2D eigenvalue weighted by atomic mass is 32.1. The predicted molar refractivity (Wildman–Crippen MR) is 73.3 cm³/mol. The molecule has 4 nitrogen and oxygen atoms in total. The fraction of sp³-hybridized carbons (Fsp3) is 0.308. The Kier molecular flexibility index (Phi) is 4.86. The van der Waals surface area contributed by atoms with Crippen LogP contribution < -0.4 is 14.9 Å². The number of thiazole rings is 1. The molecule has 0 aliphatic heterocycles. The van der Waals surface area contributed by atoms with E-state index < -0.39 is 6.61 Å². The van der Waals surface area contributed by atoms with Crippen molar-refractivity contribution in [3.05, 3.63) is 50.6 Å². The molecule has 20 heavy (non-hydrogen) atoms. The zero-order valence-electron chi connectivity index (χ0n) is 10.7. The van der Waals surface area contributed by atoms with Crippen LogP contribution in [-0.2, 0) is 6.54 Å². The minimum Gasteiger partial charge on any atom is -0.435 e. The molecule has 2 rings (SSSR count). The molecule has 1 aromatic carbocycles. The average molecular weight is 300 g/mol. The molecule has 0 radical (unpaired) electrons. The Hall–Kier alpha value is -1.73. The zero-order chi connectivity index (χ0) is 14.5. The third-order valence-electron chi connectivity index (χ3n) is 2.77. The van der Waals surface area contributed by atoms with Gasteiger partial charge >= 0.3 is 11.5 Å². The fourth-order valence-electron chi connectivity index (χ4n) is 1.72. The molecule has 7 heteroatoms. The quantitative estimate of drug-likeness (QED) is 0.862. The van der Waals surface area contributed by atoms with E-state index in [2.05, 4.69) is 15.0 Å². The van der Waals surface area contributed by atoms with Crippen LogP contribution in [0.4, 0.5) is 8.78 Å². The summed E-state index contributed by atoms with van der Waals surface area (Å²) in [6.07, 6.45) is 0. The van der Waals surface area contributed by atoms with Gasteiger partial charge in [-0.25, -0.2) is 0 Å². The van der Waals surface area contributed by atoms with Gasteiger partial charge in [0.15, 0.2) is 0 Å². The van der Waals surface area contributed by atoms with E-state index in [1.807, 2.05) is 6.92 Å². The summed E-state index contributed by atoms with van der Waals surface area (Å²) in [5.41, 5.74) is 1.77. The smallest absolute Gasteiger partial charge is 0.387 e. The van der Waals surface area contributed by atoms with Gasteiger partial charge < -0.3 is 15.0 Å². The highest BCUT2D eigenvalue weighted by Gasteiger charge is 2.08. The van der Waals surface area contributed by atoms with Gasteiger partial charge in [-0.1, -0.05) is 23.5 Å². The molecule has 0 aliphatic rings. The lowest BCUT2D eigenvalue weighted by molar-refractivity contribution is -0.0498. The van der Waals surface area contributed by atoms with Gasteiger partial charge in [-0.05, 0) is 24.6 Å². The Bertz CT molecular complexity index is 595. The van der Waals surface area contributed by atoms with Crippen LogP contribution in [0.1, 0.15) is 24.2 Å². The highest BCUT2D eigenvalue weighted by molar-refractivity contribution is 7.07. The first-order valence-corrected chi connectivity index (χ1v) is 6.87. The van der Waals surface area contributed by atoms with Gasteiger partial charge in [0.25, 0.3) is 0 Å². The molecule has 1 aromatic heterocycles. The molecule has 0 aliphatic carbocycles. The summed E-state index contributed by atoms with van der Waals surface area (Å²) < 4.78 is 28.3. The summed E-state index contributed by atoms with van der Waals surface area (Å²) >= 11 is 1.12. The lowest BCUT2D eigenvalue weighted by Crippen LogP contribution is -2.18. The summed E-state index contributed by atoms with van der Waals surface area (Å²) in [7, 11) is 0. The summed E-state index contributed by atoms with van der Waals surface area (Å²) in [4.78, 5) is 13.6. The van der Waals surface area contributed by atoms with Crippen molar-refractivity contribution in [2.75, 3.05) is 0 Å². The van der Waals surface area contributed by atoms with E-state index in [1.54, 1.807) is 17.5 Å². The Labute approximate surface area is 118 Å². The second-order valence-electron chi connectivity index (χ2n) is 4.22. The maximum absolute atomic E-state index is 12.0. The van der Waals surface area contributed by atoms with E-state index >= 15 is 0 Å². The van der Waals surface area contributed by atoms with Crippen molar-refractivity contribution in [1.29, 1.82) is 0 Å². The number of aromatic nitrogens is 1. The average Bonchev–Trinajstić information content (AvgIpc) is 2.82. The summed E-state index contributed by atoms with van der Waals surface area (Å²) in [5.74, 6) is 0.137. The Morgan fingerprint density at radius 3 is 2.60 bits per heavy atom. The van der Waals surface area contributed by atoms with Crippen molar-refractivity contribution in [3.8, 4) is 5.75 Å². The van der Waals surface area contributed by atoms with Crippen LogP contribution in [0.25, 0.3) is 0 Å². The highest BCUT2D eigenvalue weighted by Crippen LogP contribution is 2.19. The van der Waals surface area contributed by atoms with Crippen LogP contribution in [-0.4, -0.2) is 11.6 Å². The number of alkyl halides is 2. The Balaban J connectivity index is 1.91. The molecule has 1 heterocycles. The molecule has 2 aromatic rings. The molecule has 1 unspecified atom stereocenters. The molecule has 0 bridgehead atoms. The molecule has 0 saturated carbocycles. The van der Waals surface area contributed by atoms with E-state index in [9.17, 15) is 13.6 Å². The third-order valence-corrected chi connectivity index (χ3v) is 3.49.